The molecule has 2 aromatic rings. The zero-order valence-electron chi connectivity index (χ0n) is 9.35. The van der Waals surface area contributed by atoms with E-state index in [0.29, 0.717) is 13.1 Å². The molecule has 2 aromatic heterocycles. The van der Waals surface area contributed by atoms with Gasteiger partial charge in [0.1, 0.15) is 10.4 Å². The summed E-state index contributed by atoms with van der Waals surface area (Å²) in [5.74, 6) is 0. The standard InChI is InChI=1S/C8H12N6O2S2/c9-2-1-3-14-5-7(4-11-14)18(15,16)13-8-12-10-6-17-8/h4-6H,1-3,9H2,(H,12,13). The summed E-state index contributed by atoms with van der Waals surface area (Å²) in [7, 11) is -3.64. The fourth-order valence-electron chi connectivity index (χ4n) is 1.25. The van der Waals surface area contributed by atoms with Crippen LogP contribution in [0.15, 0.2) is 22.8 Å². The molecule has 0 aliphatic rings. The van der Waals surface area contributed by atoms with Crippen molar-refractivity contribution in [3.05, 3.63) is 17.9 Å². The van der Waals surface area contributed by atoms with Gasteiger partial charge in [-0.15, -0.1) is 10.2 Å². The summed E-state index contributed by atoms with van der Waals surface area (Å²) in [5.41, 5.74) is 6.82. The van der Waals surface area contributed by atoms with E-state index in [1.54, 1.807) is 4.68 Å². The summed E-state index contributed by atoms with van der Waals surface area (Å²) in [4.78, 5) is 0.0923. The molecule has 0 saturated heterocycles. The molecule has 0 bridgehead atoms. The van der Waals surface area contributed by atoms with Crippen molar-refractivity contribution in [2.75, 3.05) is 11.3 Å². The maximum Gasteiger partial charge on any atom is 0.266 e. The molecule has 0 spiro atoms. The van der Waals surface area contributed by atoms with Crippen LogP contribution in [-0.4, -0.2) is 34.9 Å². The fourth-order valence-corrected chi connectivity index (χ4v) is 2.90. The lowest BCUT2D eigenvalue weighted by Crippen LogP contribution is -2.12. The van der Waals surface area contributed by atoms with Gasteiger partial charge < -0.3 is 5.73 Å². The molecular weight excluding hydrogens is 276 g/mol. The topological polar surface area (TPSA) is 116 Å². The first-order valence-electron chi connectivity index (χ1n) is 5.13. The fraction of sp³-hybridized carbons (Fsp3) is 0.375. The van der Waals surface area contributed by atoms with Crippen LogP contribution in [0.4, 0.5) is 5.13 Å². The van der Waals surface area contributed by atoms with Gasteiger partial charge in [-0.05, 0) is 13.0 Å². The lowest BCUT2D eigenvalue weighted by atomic mass is 10.4. The lowest BCUT2D eigenvalue weighted by molar-refractivity contribution is 0.582. The number of rotatable bonds is 6. The van der Waals surface area contributed by atoms with E-state index in [-0.39, 0.29) is 10.0 Å². The van der Waals surface area contributed by atoms with Crippen molar-refractivity contribution in [2.45, 2.75) is 17.9 Å². The van der Waals surface area contributed by atoms with E-state index in [4.69, 9.17) is 5.73 Å². The first-order valence-corrected chi connectivity index (χ1v) is 7.49. The van der Waals surface area contributed by atoms with Crippen molar-refractivity contribution in [1.82, 2.24) is 20.0 Å². The second kappa shape index (κ2) is 5.42. The molecule has 2 rings (SSSR count). The highest BCUT2D eigenvalue weighted by atomic mass is 32.2. The Morgan fingerprint density at radius 2 is 2.33 bits per heavy atom. The van der Waals surface area contributed by atoms with Gasteiger partial charge in [0.15, 0.2) is 0 Å². The molecule has 18 heavy (non-hydrogen) atoms. The van der Waals surface area contributed by atoms with E-state index >= 15 is 0 Å². The molecule has 8 nitrogen and oxygen atoms in total. The summed E-state index contributed by atoms with van der Waals surface area (Å²) in [6, 6.07) is 0. The zero-order valence-corrected chi connectivity index (χ0v) is 11.0. The number of nitrogens with zero attached hydrogens (tertiary/aromatic N) is 4. The third-order valence-electron chi connectivity index (χ3n) is 2.09. The molecule has 0 aliphatic heterocycles. The summed E-state index contributed by atoms with van der Waals surface area (Å²) < 4.78 is 27.7. The average molecular weight is 288 g/mol. The Kier molecular flexibility index (Phi) is 3.89. The van der Waals surface area contributed by atoms with Crippen LogP contribution >= 0.6 is 11.3 Å². The SMILES string of the molecule is NCCCn1cc(S(=O)(=O)Nc2nncs2)cn1. The Morgan fingerprint density at radius 3 is 3.00 bits per heavy atom. The van der Waals surface area contributed by atoms with Gasteiger partial charge in [-0.3, -0.25) is 9.40 Å². The van der Waals surface area contributed by atoms with Crippen molar-refractivity contribution in [1.29, 1.82) is 0 Å². The van der Waals surface area contributed by atoms with Crippen LogP contribution in [-0.2, 0) is 16.6 Å². The minimum atomic E-state index is -3.64. The maximum atomic E-state index is 11.9. The molecule has 0 radical (unpaired) electrons. The minimum absolute atomic E-state index is 0.0923. The van der Waals surface area contributed by atoms with Crippen molar-refractivity contribution in [3.8, 4) is 0 Å². The normalized spacial score (nSPS) is 11.6. The average Bonchev–Trinajstić information content (AvgIpc) is 2.96. The molecule has 98 valence electrons. The zero-order chi connectivity index (χ0) is 13.0. The van der Waals surface area contributed by atoms with Crippen molar-refractivity contribution < 1.29 is 8.42 Å². The van der Waals surface area contributed by atoms with E-state index in [1.807, 2.05) is 0 Å². The highest BCUT2D eigenvalue weighted by Gasteiger charge is 2.17. The van der Waals surface area contributed by atoms with E-state index in [9.17, 15) is 8.42 Å². The predicted octanol–water partition coefficient (Wildman–Crippen LogP) is -0.116. The largest absolute Gasteiger partial charge is 0.330 e. The smallest absolute Gasteiger partial charge is 0.266 e. The lowest BCUT2D eigenvalue weighted by Gasteiger charge is -2.01. The van der Waals surface area contributed by atoms with Gasteiger partial charge >= 0.3 is 0 Å². The number of anilines is 1. The van der Waals surface area contributed by atoms with Crippen LogP contribution in [0.2, 0.25) is 0 Å². The molecule has 0 saturated carbocycles. The van der Waals surface area contributed by atoms with E-state index < -0.39 is 10.0 Å². The van der Waals surface area contributed by atoms with Crippen molar-refractivity contribution >= 4 is 26.5 Å². The number of sulfonamides is 1. The van der Waals surface area contributed by atoms with Gasteiger partial charge in [0.05, 0.1) is 6.20 Å². The minimum Gasteiger partial charge on any atom is -0.330 e. The molecule has 0 aliphatic carbocycles. The first-order chi connectivity index (χ1) is 8.62. The highest BCUT2D eigenvalue weighted by molar-refractivity contribution is 7.93. The number of aromatic nitrogens is 4. The van der Waals surface area contributed by atoms with E-state index in [1.165, 1.54) is 17.9 Å². The highest BCUT2D eigenvalue weighted by Crippen LogP contribution is 2.16. The van der Waals surface area contributed by atoms with Gasteiger partial charge in [-0.2, -0.15) is 5.10 Å². The summed E-state index contributed by atoms with van der Waals surface area (Å²) in [6.07, 6.45) is 3.49. The second-order valence-corrected chi connectivity index (χ2v) is 5.95. The number of hydrogen-bond donors (Lipinski definition) is 2. The molecule has 0 atom stereocenters. The molecule has 0 unspecified atom stereocenters. The summed E-state index contributed by atoms with van der Waals surface area (Å²) in [6.45, 7) is 1.12. The third kappa shape index (κ3) is 3.03. The molecule has 10 heteroatoms. The monoisotopic (exact) mass is 288 g/mol. The Morgan fingerprint density at radius 1 is 1.50 bits per heavy atom. The summed E-state index contributed by atoms with van der Waals surface area (Å²) in [5, 5.41) is 11.4. The Labute approximate surface area is 108 Å². The number of hydrogen-bond acceptors (Lipinski definition) is 7. The Hall–Kier alpha value is -1.52. The molecule has 0 fully saturated rings. The van der Waals surface area contributed by atoms with Crippen LogP contribution in [0.5, 0.6) is 0 Å². The molecule has 0 amide bonds. The second-order valence-electron chi connectivity index (χ2n) is 3.43. The van der Waals surface area contributed by atoms with Crippen LogP contribution in [0.1, 0.15) is 6.42 Å². The number of nitrogens with one attached hydrogen (secondary N) is 1. The van der Waals surface area contributed by atoms with Crippen LogP contribution < -0.4 is 10.5 Å². The Balaban J connectivity index is 2.12. The van der Waals surface area contributed by atoms with Crippen molar-refractivity contribution in [2.24, 2.45) is 5.73 Å². The van der Waals surface area contributed by atoms with Gasteiger partial charge in [0.25, 0.3) is 10.0 Å². The Bertz CT molecular complexity index is 591. The van der Waals surface area contributed by atoms with E-state index in [2.05, 4.69) is 20.0 Å². The van der Waals surface area contributed by atoms with Crippen LogP contribution in [0, 0.1) is 0 Å². The van der Waals surface area contributed by atoms with Gasteiger partial charge in [0, 0.05) is 12.7 Å². The molecule has 2 heterocycles. The van der Waals surface area contributed by atoms with Gasteiger partial charge in [-0.1, -0.05) is 11.3 Å². The van der Waals surface area contributed by atoms with Crippen molar-refractivity contribution in [3.63, 3.8) is 0 Å². The molecule has 3 N–H and O–H groups in total. The third-order valence-corrected chi connectivity index (χ3v) is 4.12. The summed E-state index contributed by atoms with van der Waals surface area (Å²) >= 11 is 1.11. The number of nitrogens with two attached hydrogens (primary N) is 1. The van der Waals surface area contributed by atoms with Crippen LogP contribution in [0.25, 0.3) is 0 Å². The van der Waals surface area contributed by atoms with Gasteiger partial charge in [0.2, 0.25) is 5.13 Å². The maximum absolute atomic E-state index is 11.9. The number of aryl methyl sites for hydroxylation is 1. The molecule has 0 aromatic carbocycles. The van der Waals surface area contributed by atoms with E-state index in [0.717, 1.165) is 17.8 Å². The predicted molar refractivity (Wildman–Crippen MR) is 66.6 cm³/mol. The van der Waals surface area contributed by atoms with Gasteiger partial charge in [-0.25, -0.2) is 8.42 Å². The van der Waals surface area contributed by atoms with Crippen LogP contribution in [0.3, 0.4) is 0 Å². The quantitative estimate of drug-likeness (QED) is 0.766. The molecular formula is C8H12N6O2S2. The first kappa shape index (κ1) is 12.9.